The normalized spacial score (nSPS) is 11.8. The number of aliphatic hydroxyl groups is 1. The third-order valence-corrected chi connectivity index (χ3v) is 2.03. The minimum absolute atomic E-state index is 0.359. The number of anilines is 1. The van der Waals surface area contributed by atoms with E-state index in [2.05, 4.69) is 10.3 Å². The van der Waals surface area contributed by atoms with Crippen molar-refractivity contribution in [2.75, 3.05) is 11.9 Å². The molecule has 0 fully saturated rings. The molecule has 0 radical (unpaired) electrons. The molecule has 1 heterocycles. The fraction of sp³-hybridized carbons (Fsp3) is 0.455. The van der Waals surface area contributed by atoms with Crippen molar-refractivity contribution in [2.24, 2.45) is 0 Å². The summed E-state index contributed by atoms with van der Waals surface area (Å²) in [5.41, 5.74) is 0.567. The van der Waals surface area contributed by atoms with Crippen LogP contribution >= 0.6 is 0 Å². The van der Waals surface area contributed by atoms with Crippen LogP contribution in [0.1, 0.15) is 25.3 Å². The van der Waals surface area contributed by atoms with Crippen molar-refractivity contribution >= 4 is 5.82 Å². The standard InChI is InChI=1S/C11H15N3O/c1-2-3-10(15)8-14-11-6-9(7-12)4-5-13-11/h4-6,10,15H,2-3,8H2,1H3,(H,13,14). The van der Waals surface area contributed by atoms with Gasteiger partial charge < -0.3 is 10.4 Å². The number of rotatable bonds is 5. The predicted octanol–water partition coefficient (Wildman–Crippen LogP) is 1.53. The van der Waals surface area contributed by atoms with Gasteiger partial charge in [0.1, 0.15) is 5.82 Å². The van der Waals surface area contributed by atoms with E-state index >= 15 is 0 Å². The van der Waals surface area contributed by atoms with E-state index in [1.54, 1.807) is 18.3 Å². The lowest BCUT2D eigenvalue weighted by molar-refractivity contribution is 0.176. The van der Waals surface area contributed by atoms with Gasteiger partial charge in [0.25, 0.3) is 0 Å². The highest BCUT2D eigenvalue weighted by atomic mass is 16.3. The summed E-state index contributed by atoms with van der Waals surface area (Å²) in [5, 5.41) is 21.1. The first-order valence-corrected chi connectivity index (χ1v) is 5.04. The summed E-state index contributed by atoms with van der Waals surface area (Å²) >= 11 is 0. The molecule has 0 aromatic carbocycles. The van der Waals surface area contributed by atoms with E-state index in [1.165, 1.54) is 0 Å². The highest BCUT2D eigenvalue weighted by Crippen LogP contribution is 2.06. The van der Waals surface area contributed by atoms with Gasteiger partial charge in [-0.3, -0.25) is 0 Å². The summed E-state index contributed by atoms with van der Waals surface area (Å²) in [6.07, 6.45) is 2.94. The van der Waals surface area contributed by atoms with Gasteiger partial charge in [0.15, 0.2) is 0 Å². The highest BCUT2D eigenvalue weighted by Gasteiger charge is 2.02. The van der Waals surface area contributed by atoms with Crippen molar-refractivity contribution in [2.45, 2.75) is 25.9 Å². The molecule has 0 aliphatic heterocycles. The van der Waals surface area contributed by atoms with Gasteiger partial charge in [-0.1, -0.05) is 13.3 Å². The van der Waals surface area contributed by atoms with E-state index in [4.69, 9.17) is 5.26 Å². The van der Waals surface area contributed by atoms with Crippen LogP contribution in [0.3, 0.4) is 0 Å². The third kappa shape index (κ3) is 3.96. The maximum atomic E-state index is 9.48. The molecule has 0 aliphatic rings. The smallest absolute Gasteiger partial charge is 0.127 e. The second-order valence-electron chi connectivity index (χ2n) is 3.36. The van der Waals surface area contributed by atoms with Crippen LogP contribution in [0.4, 0.5) is 5.82 Å². The zero-order valence-corrected chi connectivity index (χ0v) is 8.77. The zero-order chi connectivity index (χ0) is 11.1. The molecular weight excluding hydrogens is 190 g/mol. The second-order valence-corrected chi connectivity index (χ2v) is 3.36. The Morgan fingerprint density at radius 2 is 2.47 bits per heavy atom. The minimum Gasteiger partial charge on any atom is -0.391 e. The maximum Gasteiger partial charge on any atom is 0.127 e. The average Bonchev–Trinajstić information content (AvgIpc) is 2.27. The quantitative estimate of drug-likeness (QED) is 0.764. The van der Waals surface area contributed by atoms with Gasteiger partial charge in [-0.25, -0.2) is 4.98 Å². The molecule has 4 heteroatoms. The van der Waals surface area contributed by atoms with Crippen LogP contribution in [0.15, 0.2) is 18.3 Å². The predicted molar refractivity (Wildman–Crippen MR) is 58.4 cm³/mol. The van der Waals surface area contributed by atoms with Crippen LogP contribution in [0, 0.1) is 11.3 Å². The Morgan fingerprint density at radius 1 is 1.67 bits per heavy atom. The van der Waals surface area contributed by atoms with Gasteiger partial charge in [-0.05, 0) is 18.6 Å². The van der Waals surface area contributed by atoms with E-state index in [0.717, 1.165) is 12.8 Å². The summed E-state index contributed by atoms with van der Waals surface area (Å²) in [5.74, 6) is 0.629. The molecular formula is C11H15N3O. The molecule has 1 aromatic rings. The van der Waals surface area contributed by atoms with Crippen LogP contribution in [0.25, 0.3) is 0 Å². The molecule has 0 saturated heterocycles. The lowest BCUT2D eigenvalue weighted by Crippen LogP contribution is -2.19. The largest absolute Gasteiger partial charge is 0.391 e. The molecule has 0 aliphatic carbocycles. The lowest BCUT2D eigenvalue weighted by Gasteiger charge is -2.10. The van der Waals surface area contributed by atoms with E-state index in [0.29, 0.717) is 17.9 Å². The Bertz CT molecular complexity index is 346. The Labute approximate surface area is 89.6 Å². The molecule has 0 saturated carbocycles. The summed E-state index contributed by atoms with van der Waals surface area (Å²) in [4.78, 5) is 4.05. The number of aliphatic hydroxyl groups excluding tert-OH is 1. The number of hydrogen-bond donors (Lipinski definition) is 2. The molecule has 2 N–H and O–H groups in total. The highest BCUT2D eigenvalue weighted by molar-refractivity contribution is 5.42. The first-order chi connectivity index (χ1) is 7.26. The molecule has 1 unspecified atom stereocenters. The van der Waals surface area contributed by atoms with E-state index < -0.39 is 0 Å². The fourth-order valence-corrected chi connectivity index (χ4v) is 1.25. The van der Waals surface area contributed by atoms with Gasteiger partial charge in [-0.15, -0.1) is 0 Å². The average molecular weight is 205 g/mol. The Morgan fingerprint density at radius 3 is 3.13 bits per heavy atom. The molecule has 0 bridgehead atoms. The number of pyridine rings is 1. The number of nitrogens with one attached hydrogen (secondary N) is 1. The molecule has 1 aromatic heterocycles. The number of aromatic nitrogens is 1. The lowest BCUT2D eigenvalue weighted by atomic mass is 10.2. The monoisotopic (exact) mass is 205 g/mol. The molecule has 4 nitrogen and oxygen atoms in total. The molecule has 0 spiro atoms. The summed E-state index contributed by atoms with van der Waals surface area (Å²) < 4.78 is 0. The van der Waals surface area contributed by atoms with Crippen LogP contribution in [0.5, 0.6) is 0 Å². The van der Waals surface area contributed by atoms with Gasteiger partial charge in [0.2, 0.25) is 0 Å². The summed E-state index contributed by atoms with van der Waals surface area (Å²) in [6, 6.07) is 5.35. The topological polar surface area (TPSA) is 68.9 Å². The van der Waals surface area contributed by atoms with Crippen molar-refractivity contribution in [3.05, 3.63) is 23.9 Å². The van der Waals surface area contributed by atoms with Gasteiger partial charge in [0.05, 0.1) is 17.7 Å². The zero-order valence-electron chi connectivity index (χ0n) is 8.77. The van der Waals surface area contributed by atoms with E-state index in [9.17, 15) is 5.11 Å². The van der Waals surface area contributed by atoms with Gasteiger partial charge in [0, 0.05) is 12.7 Å². The molecule has 1 rings (SSSR count). The number of nitriles is 1. The van der Waals surface area contributed by atoms with Crippen molar-refractivity contribution < 1.29 is 5.11 Å². The number of hydrogen-bond acceptors (Lipinski definition) is 4. The first-order valence-electron chi connectivity index (χ1n) is 5.04. The minimum atomic E-state index is -0.359. The Kier molecular flexibility index (Phi) is 4.58. The van der Waals surface area contributed by atoms with E-state index in [1.807, 2.05) is 13.0 Å². The van der Waals surface area contributed by atoms with Crippen molar-refractivity contribution in [3.8, 4) is 6.07 Å². The van der Waals surface area contributed by atoms with Gasteiger partial charge in [-0.2, -0.15) is 5.26 Å². The second kappa shape index (κ2) is 5.99. The van der Waals surface area contributed by atoms with E-state index in [-0.39, 0.29) is 6.10 Å². The van der Waals surface area contributed by atoms with Crippen LogP contribution in [-0.2, 0) is 0 Å². The first kappa shape index (κ1) is 11.5. The van der Waals surface area contributed by atoms with Crippen molar-refractivity contribution in [1.82, 2.24) is 4.98 Å². The van der Waals surface area contributed by atoms with Gasteiger partial charge >= 0.3 is 0 Å². The molecule has 80 valence electrons. The fourth-order valence-electron chi connectivity index (χ4n) is 1.25. The van der Waals surface area contributed by atoms with Crippen LogP contribution in [0.2, 0.25) is 0 Å². The van der Waals surface area contributed by atoms with Crippen LogP contribution < -0.4 is 5.32 Å². The van der Waals surface area contributed by atoms with Crippen molar-refractivity contribution in [3.63, 3.8) is 0 Å². The summed E-state index contributed by atoms with van der Waals surface area (Å²) in [7, 11) is 0. The number of nitrogens with zero attached hydrogens (tertiary/aromatic N) is 2. The Hall–Kier alpha value is -1.60. The molecule has 1 atom stereocenters. The Balaban J connectivity index is 2.47. The van der Waals surface area contributed by atoms with Crippen molar-refractivity contribution in [1.29, 1.82) is 5.26 Å². The SMILES string of the molecule is CCCC(O)CNc1cc(C#N)ccn1. The third-order valence-electron chi connectivity index (χ3n) is 2.03. The molecule has 15 heavy (non-hydrogen) atoms. The van der Waals surface area contributed by atoms with Crippen LogP contribution in [-0.4, -0.2) is 22.7 Å². The maximum absolute atomic E-state index is 9.48. The molecule has 0 amide bonds. The summed E-state index contributed by atoms with van der Waals surface area (Å²) in [6.45, 7) is 2.49.